The van der Waals surface area contributed by atoms with E-state index in [0.29, 0.717) is 33.4 Å². The summed E-state index contributed by atoms with van der Waals surface area (Å²) in [6.07, 6.45) is 0.382. The fourth-order valence-corrected chi connectivity index (χ4v) is 4.37. The molecule has 0 unspecified atom stereocenters. The van der Waals surface area contributed by atoms with Gasteiger partial charge >= 0.3 is 0 Å². The molecule has 3 aromatic rings. The van der Waals surface area contributed by atoms with Crippen molar-refractivity contribution in [1.82, 2.24) is 5.32 Å². The number of anilines is 2. The maximum Gasteiger partial charge on any atom is 0.269 e. The summed E-state index contributed by atoms with van der Waals surface area (Å²) >= 11 is 12.9. The Labute approximate surface area is 188 Å². The number of thiophene rings is 1. The Balaban J connectivity index is 1.73. The molecule has 0 aliphatic carbocycles. The van der Waals surface area contributed by atoms with Gasteiger partial charge in [0.1, 0.15) is 10.6 Å². The van der Waals surface area contributed by atoms with E-state index >= 15 is 0 Å². The topological polar surface area (TPSA) is 79.5 Å². The number of carbonyl (C=O) groups excluding carboxylic acids is 2. The number of halogens is 1. The highest BCUT2D eigenvalue weighted by Gasteiger charge is 2.18. The molecule has 0 bridgehead atoms. The monoisotopic (exact) mass is 461 g/mol. The van der Waals surface area contributed by atoms with E-state index < -0.39 is 5.91 Å². The number of aryl methyl sites for hydroxylation is 1. The standard InChI is InChI=1S/C21H20ClN3O3S2/c1-4-17(26)24-15-9-12(6-5-11(15)2)23-21(29)25-20(27)19-18(22)14-8-7-13(28-3)10-16(14)30-19/h5-10H,4H2,1-3H3,(H,24,26)(H2,23,25,27,29). The highest BCUT2D eigenvalue weighted by Crippen LogP contribution is 2.37. The first-order valence-electron chi connectivity index (χ1n) is 9.11. The molecule has 0 saturated carbocycles. The van der Waals surface area contributed by atoms with E-state index in [1.54, 1.807) is 26.2 Å². The number of carbonyl (C=O) groups is 2. The fraction of sp³-hybridized carbons (Fsp3) is 0.190. The minimum atomic E-state index is -0.399. The third kappa shape index (κ3) is 4.89. The zero-order valence-corrected chi connectivity index (χ0v) is 19.0. The highest BCUT2D eigenvalue weighted by atomic mass is 35.5. The second-order valence-corrected chi connectivity index (χ2v) is 8.29. The quantitative estimate of drug-likeness (QED) is 0.446. The Bertz CT molecular complexity index is 1140. The summed E-state index contributed by atoms with van der Waals surface area (Å²) in [6.45, 7) is 3.68. The molecule has 0 atom stereocenters. The van der Waals surface area contributed by atoms with Crippen molar-refractivity contribution in [2.45, 2.75) is 20.3 Å². The van der Waals surface area contributed by atoms with Gasteiger partial charge in [-0.05, 0) is 55.0 Å². The van der Waals surface area contributed by atoms with E-state index in [1.807, 2.05) is 31.2 Å². The van der Waals surface area contributed by atoms with Crippen molar-refractivity contribution in [2.24, 2.45) is 0 Å². The van der Waals surface area contributed by atoms with Gasteiger partial charge in [0.25, 0.3) is 5.91 Å². The van der Waals surface area contributed by atoms with Crippen LogP contribution in [0.4, 0.5) is 11.4 Å². The first kappa shape index (κ1) is 22.0. The van der Waals surface area contributed by atoms with E-state index in [9.17, 15) is 9.59 Å². The van der Waals surface area contributed by atoms with Crippen molar-refractivity contribution in [3.05, 3.63) is 51.9 Å². The van der Waals surface area contributed by atoms with Crippen LogP contribution in [0.1, 0.15) is 28.6 Å². The second kappa shape index (κ2) is 9.42. The summed E-state index contributed by atoms with van der Waals surface area (Å²) in [4.78, 5) is 24.7. The number of rotatable bonds is 5. The molecule has 3 N–H and O–H groups in total. The minimum absolute atomic E-state index is 0.0813. The van der Waals surface area contributed by atoms with E-state index in [4.69, 9.17) is 28.6 Å². The normalized spacial score (nSPS) is 10.5. The maximum absolute atomic E-state index is 12.7. The zero-order chi connectivity index (χ0) is 21.8. The molecule has 2 amide bonds. The molecule has 9 heteroatoms. The highest BCUT2D eigenvalue weighted by molar-refractivity contribution is 7.80. The van der Waals surface area contributed by atoms with Crippen LogP contribution in [0.25, 0.3) is 10.1 Å². The van der Waals surface area contributed by atoms with Gasteiger partial charge in [0, 0.05) is 27.9 Å². The van der Waals surface area contributed by atoms with Gasteiger partial charge in [0.15, 0.2) is 5.11 Å². The first-order valence-corrected chi connectivity index (χ1v) is 10.7. The molecular weight excluding hydrogens is 442 g/mol. The van der Waals surface area contributed by atoms with E-state index in [0.717, 1.165) is 15.6 Å². The molecule has 6 nitrogen and oxygen atoms in total. The van der Waals surface area contributed by atoms with Crippen LogP contribution < -0.4 is 20.7 Å². The van der Waals surface area contributed by atoms with Crippen LogP contribution in [0.3, 0.4) is 0 Å². The number of fused-ring (bicyclic) bond motifs is 1. The Morgan fingerprint density at radius 1 is 1.17 bits per heavy atom. The van der Waals surface area contributed by atoms with Crippen molar-refractivity contribution in [3.8, 4) is 5.75 Å². The van der Waals surface area contributed by atoms with Crippen LogP contribution >= 0.6 is 35.2 Å². The average molecular weight is 462 g/mol. The Morgan fingerprint density at radius 2 is 1.93 bits per heavy atom. The number of hydrogen-bond donors (Lipinski definition) is 3. The molecule has 2 aromatic carbocycles. The van der Waals surface area contributed by atoms with Gasteiger partial charge in [-0.2, -0.15) is 0 Å². The molecule has 1 heterocycles. The molecule has 0 aliphatic rings. The number of benzene rings is 2. The first-order chi connectivity index (χ1) is 14.3. The average Bonchev–Trinajstić information content (AvgIpc) is 3.06. The molecule has 30 heavy (non-hydrogen) atoms. The van der Waals surface area contributed by atoms with Crippen molar-refractivity contribution in [1.29, 1.82) is 0 Å². The Hall–Kier alpha value is -2.68. The largest absolute Gasteiger partial charge is 0.497 e. The van der Waals surface area contributed by atoms with Gasteiger partial charge in [0.05, 0.1) is 12.1 Å². The van der Waals surface area contributed by atoms with Crippen LogP contribution in [0, 0.1) is 6.92 Å². The van der Waals surface area contributed by atoms with Gasteiger partial charge in [-0.3, -0.25) is 14.9 Å². The van der Waals surface area contributed by atoms with Gasteiger partial charge in [-0.15, -0.1) is 11.3 Å². The molecule has 1 aromatic heterocycles. The number of nitrogens with one attached hydrogen (secondary N) is 3. The van der Waals surface area contributed by atoms with Gasteiger partial charge < -0.3 is 15.4 Å². The summed E-state index contributed by atoms with van der Waals surface area (Å²) in [7, 11) is 1.58. The third-order valence-corrected chi connectivity index (χ3v) is 6.22. The predicted octanol–water partition coefficient (Wildman–Crippen LogP) is 5.35. The Morgan fingerprint density at radius 3 is 2.63 bits per heavy atom. The van der Waals surface area contributed by atoms with Crippen LogP contribution in [0.2, 0.25) is 5.02 Å². The van der Waals surface area contributed by atoms with E-state index in [1.165, 1.54) is 11.3 Å². The minimum Gasteiger partial charge on any atom is -0.497 e. The molecule has 0 aliphatic heterocycles. The number of amides is 2. The van der Waals surface area contributed by atoms with Gasteiger partial charge in [-0.25, -0.2) is 0 Å². The lowest BCUT2D eigenvalue weighted by molar-refractivity contribution is -0.115. The van der Waals surface area contributed by atoms with Crippen LogP contribution in [-0.2, 0) is 4.79 Å². The molecular formula is C21H20ClN3O3S2. The van der Waals surface area contributed by atoms with Crippen molar-refractivity contribution in [3.63, 3.8) is 0 Å². The molecule has 156 valence electrons. The second-order valence-electron chi connectivity index (χ2n) is 6.45. The van der Waals surface area contributed by atoms with Gasteiger partial charge in [-0.1, -0.05) is 24.6 Å². The smallest absolute Gasteiger partial charge is 0.269 e. The fourth-order valence-electron chi connectivity index (χ4n) is 2.71. The summed E-state index contributed by atoms with van der Waals surface area (Å²) in [6, 6.07) is 10.9. The number of ether oxygens (including phenoxy) is 1. The van der Waals surface area contributed by atoms with Crippen molar-refractivity contribution in [2.75, 3.05) is 17.7 Å². The van der Waals surface area contributed by atoms with E-state index in [2.05, 4.69) is 16.0 Å². The molecule has 3 rings (SSSR count). The number of hydrogen-bond acceptors (Lipinski definition) is 5. The Kier molecular flexibility index (Phi) is 6.91. The van der Waals surface area contributed by atoms with Crippen molar-refractivity contribution >= 4 is 73.5 Å². The lowest BCUT2D eigenvalue weighted by Crippen LogP contribution is -2.33. The predicted molar refractivity (Wildman–Crippen MR) is 127 cm³/mol. The zero-order valence-electron chi connectivity index (χ0n) is 16.6. The molecule has 0 spiro atoms. The number of methoxy groups -OCH3 is 1. The maximum atomic E-state index is 12.7. The van der Waals surface area contributed by atoms with Crippen molar-refractivity contribution < 1.29 is 14.3 Å². The summed E-state index contributed by atoms with van der Waals surface area (Å²) < 4.78 is 6.06. The summed E-state index contributed by atoms with van der Waals surface area (Å²) in [5.74, 6) is 0.210. The summed E-state index contributed by atoms with van der Waals surface area (Å²) in [5.41, 5.74) is 2.25. The van der Waals surface area contributed by atoms with Crippen LogP contribution in [0.15, 0.2) is 36.4 Å². The van der Waals surface area contributed by atoms with Crippen LogP contribution in [-0.4, -0.2) is 24.0 Å². The molecule has 0 saturated heterocycles. The third-order valence-electron chi connectivity index (χ3n) is 4.36. The SMILES string of the molecule is CCC(=O)Nc1cc(NC(=S)NC(=O)c2sc3cc(OC)ccc3c2Cl)ccc1C. The summed E-state index contributed by atoms with van der Waals surface area (Å²) in [5, 5.41) is 9.73. The lowest BCUT2D eigenvalue weighted by atomic mass is 10.1. The number of thiocarbonyl (C=S) groups is 1. The van der Waals surface area contributed by atoms with Gasteiger partial charge in [0.2, 0.25) is 5.91 Å². The molecule has 0 radical (unpaired) electrons. The lowest BCUT2D eigenvalue weighted by Gasteiger charge is -2.13. The molecule has 0 fully saturated rings. The van der Waals surface area contributed by atoms with Crippen LogP contribution in [0.5, 0.6) is 5.75 Å². The van der Waals surface area contributed by atoms with E-state index in [-0.39, 0.29) is 11.0 Å².